The van der Waals surface area contributed by atoms with E-state index in [9.17, 15) is 4.79 Å². The van der Waals surface area contributed by atoms with Gasteiger partial charge in [-0.15, -0.1) is 0 Å². The summed E-state index contributed by atoms with van der Waals surface area (Å²) in [5, 5.41) is 8.57. The summed E-state index contributed by atoms with van der Waals surface area (Å²) >= 11 is 3.19. The van der Waals surface area contributed by atoms with Gasteiger partial charge in [-0.3, -0.25) is 0 Å². The van der Waals surface area contributed by atoms with Crippen molar-refractivity contribution in [1.82, 2.24) is 0 Å². The first-order valence-corrected chi connectivity index (χ1v) is 4.01. The van der Waals surface area contributed by atoms with Gasteiger partial charge in [0.1, 0.15) is 0 Å². The van der Waals surface area contributed by atoms with Crippen LogP contribution < -0.4 is 4.90 Å². The minimum absolute atomic E-state index is 0.0643. The number of nitrogens with zero attached hydrogens (tertiary/aromatic N) is 1. The largest absolute Gasteiger partial charge is 0.475 e. The third-order valence-corrected chi connectivity index (χ3v) is 1.85. The van der Waals surface area contributed by atoms with Crippen LogP contribution in [0.15, 0.2) is 15.0 Å². The van der Waals surface area contributed by atoms with Crippen molar-refractivity contribution in [2.45, 2.75) is 0 Å². The highest BCUT2D eigenvalue weighted by atomic mass is 79.9. The molecule has 66 valence electrons. The van der Waals surface area contributed by atoms with Gasteiger partial charge in [-0.1, -0.05) is 0 Å². The highest BCUT2D eigenvalue weighted by Crippen LogP contribution is 2.28. The Hall–Kier alpha value is -0.970. The van der Waals surface area contributed by atoms with Crippen molar-refractivity contribution in [3.05, 3.63) is 16.3 Å². The number of hydrogen-bond acceptors (Lipinski definition) is 3. The monoisotopic (exact) mass is 233 g/mol. The van der Waals surface area contributed by atoms with Crippen LogP contribution in [0, 0.1) is 0 Å². The molecule has 1 N–H and O–H groups in total. The molecule has 0 aliphatic rings. The topological polar surface area (TPSA) is 53.7 Å². The summed E-state index contributed by atoms with van der Waals surface area (Å²) in [5.74, 6) is -0.623. The number of furan rings is 1. The SMILES string of the molecule is CN(C)c1oc(C(=O)O)cc1Br. The molecule has 12 heavy (non-hydrogen) atoms. The molecular formula is C7H8BrNO3. The van der Waals surface area contributed by atoms with E-state index >= 15 is 0 Å². The minimum Gasteiger partial charge on any atom is -0.475 e. The lowest BCUT2D eigenvalue weighted by molar-refractivity contribution is 0.0663. The summed E-state index contributed by atoms with van der Waals surface area (Å²) in [5.41, 5.74) is 0. The molecule has 0 fully saturated rings. The summed E-state index contributed by atoms with van der Waals surface area (Å²) in [6.45, 7) is 0. The van der Waals surface area contributed by atoms with Gasteiger partial charge < -0.3 is 14.4 Å². The highest BCUT2D eigenvalue weighted by molar-refractivity contribution is 9.10. The lowest BCUT2D eigenvalue weighted by atomic mass is 10.4. The first kappa shape index (κ1) is 9.12. The van der Waals surface area contributed by atoms with Gasteiger partial charge in [0.25, 0.3) is 0 Å². The molecule has 1 aromatic rings. The number of carboxylic acid groups (broad SMARTS) is 1. The number of halogens is 1. The van der Waals surface area contributed by atoms with Crippen LogP contribution in [0.2, 0.25) is 0 Å². The zero-order valence-corrected chi connectivity index (χ0v) is 8.25. The maximum atomic E-state index is 10.5. The van der Waals surface area contributed by atoms with Gasteiger partial charge >= 0.3 is 5.97 Å². The Morgan fingerprint density at radius 3 is 2.50 bits per heavy atom. The van der Waals surface area contributed by atoms with Gasteiger partial charge in [-0.05, 0) is 15.9 Å². The summed E-state index contributed by atoms with van der Waals surface area (Å²) in [4.78, 5) is 12.1. The van der Waals surface area contributed by atoms with Gasteiger partial charge in [-0.25, -0.2) is 4.79 Å². The van der Waals surface area contributed by atoms with Crippen molar-refractivity contribution in [3.8, 4) is 0 Å². The second-order valence-electron chi connectivity index (χ2n) is 2.46. The number of rotatable bonds is 2. The molecule has 1 rings (SSSR count). The quantitative estimate of drug-likeness (QED) is 0.847. The van der Waals surface area contributed by atoms with E-state index in [4.69, 9.17) is 9.52 Å². The van der Waals surface area contributed by atoms with Crippen molar-refractivity contribution in [2.75, 3.05) is 19.0 Å². The maximum Gasteiger partial charge on any atom is 0.371 e. The standard InChI is InChI=1S/C7H8BrNO3/c1-9(2)6-4(8)3-5(12-6)7(10)11/h3H,1-2H3,(H,10,11). The smallest absolute Gasteiger partial charge is 0.371 e. The molecule has 0 bridgehead atoms. The Kier molecular flexibility index (Phi) is 2.42. The Morgan fingerprint density at radius 1 is 1.67 bits per heavy atom. The number of aromatic carboxylic acids is 1. The number of hydrogen-bond donors (Lipinski definition) is 1. The maximum absolute atomic E-state index is 10.5. The zero-order chi connectivity index (χ0) is 9.30. The van der Waals surface area contributed by atoms with E-state index in [1.807, 2.05) is 0 Å². The number of carbonyl (C=O) groups is 1. The van der Waals surface area contributed by atoms with Crippen LogP contribution in [0.1, 0.15) is 10.6 Å². The highest BCUT2D eigenvalue weighted by Gasteiger charge is 2.14. The predicted molar refractivity (Wildman–Crippen MR) is 47.7 cm³/mol. The summed E-state index contributed by atoms with van der Waals surface area (Å²) in [6, 6.07) is 1.43. The van der Waals surface area contributed by atoms with Crippen LogP contribution in [0.25, 0.3) is 0 Å². The molecule has 0 amide bonds. The van der Waals surface area contributed by atoms with Gasteiger partial charge in [0.05, 0.1) is 4.47 Å². The lowest BCUT2D eigenvalue weighted by Gasteiger charge is -2.07. The van der Waals surface area contributed by atoms with E-state index in [0.717, 1.165) is 0 Å². The molecule has 0 spiro atoms. The molecule has 5 heteroatoms. The van der Waals surface area contributed by atoms with Crippen LogP contribution in [-0.4, -0.2) is 25.2 Å². The molecular weight excluding hydrogens is 226 g/mol. The first-order chi connectivity index (χ1) is 5.52. The van der Waals surface area contributed by atoms with E-state index in [0.29, 0.717) is 10.4 Å². The van der Waals surface area contributed by atoms with E-state index < -0.39 is 5.97 Å². The molecule has 0 unspecified atom stereocenters. The molecule has 1 aromatic heterocycles. The van der Waals surface area contributed by atoms with Crippen LogP contribution in [0.5, 0.6) is 0 Å². The third-order valence-electron chi connectivity index (χ3n) is 1.29. The van der Waals surface area contributed by atoms with Gasteiger partial charge in [0, 0.05) is 20.2 Å². The van der Waals surface area contributed by atoms with Crippen molar-refractivity contribution in [2.24, 2.45) is 0 Å². The Labute approximate surface area is 77.9 Å². The van der Waals surface area contributed by atoms with Crippen LogP contribution in [0.3, 0.4) is 0 Å². The minimum atomic E-state index is -1.07. The van der Waals surface area contributed by atoms with Crippen LogP contribution in [0.4, 0.5) is 5.88 Å². The van der Waals surface area contributed by atoms with E-state index in [-0.39, 0.29) is 5.76 Å². The number of anilines is 1. The second kappa shape index (κ2) is 3.18. The van der Waals surface area contributed by atoms with Crippen molar-refractivity contribution in [3.63, 3.8) is 0 Å². The van der Waals surface area contributed by atoms with Crippen LogP contribution >= 0.6 is 15.9 Å². The lowest BCUT2D eigenvalue weighted by Crippen LogP contribution is -2.07. The summed E-state index contributed by atoms with van der Waals surface area (Å²) in [7, 11) is 3.55. The molecule has 4 nitrogen and oxygen atoms in total. The molecule has 0 atom stereocenters. The molecule has 0 aliphatic carbocycles. The van der Waals surface area contributed by atoms with Crippen molar-refractivity contribution < 1.29 is 14.3 Å². The fraction of sp³-hybridized carbons (Fsp3) is 0.286. The molecule has 0 aliphatic heterocycles. The molecule has 0 saturated carbocycles. The fourth-order valence-corrected chi connectivity index (χ4v) is 1.41. The van der Waals surface area contributed by atoms with E-state index in [1.54, 1.807) is 19.0 Å². The van der Waals surface area contributed by atoms with Crippen LogP contribution in [-0.2, 0) is 0 Å². The van der Waals surface area contributed by atoms with Crippen molar-refractivity contribution in [1.29, 1.82) is 0 Å². The Bertz CT molecular complexity index is 306. The normalized spacial score (nSPS) is 9.92. The molecule has 0 aromatic carbocycles. The van der Waals surface area contributed by atoms with E-state index in [1.165, 1.54) is 6.07 Å². The fourth-order valence-electron chi connectivity index (χ4n) is 0.769. The molecule has 0 saturated heterocycles. The average Bonchev–Trinajstić information content (AvgIpc) is 2.30. The van der Waals surface area contributed by atoms with Gasteiger partial charge in [-0.2, -0.15) is 0 Å². The first-order valence-electron chi connectivity index (χ1n) is 3.22. The third kappa shape index (κ3) is 1.61. The molecule has 0 radical (unpaired) electrons. The number of carboxylic acids is 1. The average molecular weight is 234 g/mol. The summed E-state index contributed by atoms with van der Waals surface area (Å²) in [6.07, 6.45) is 0. The van der Waals surface area contributed by atoms with Crippen molar-refractivity contribution >= 4 is 27.8 Å². The molecule has 1 heterocycles. The Morgan fingerprint density at radius 2 is 2.25 bits per heavy atom. The second-order valence-corrected chi connectivity index (χ2v) is 3.32. The summed E-state index contributed by atoms with van der Waals surface area (Å²) < 4.78 is 5.66. The van der Waals surface area contributed by atoms with Gasteiger partial charge in [0.2, 0.25) is 11.6 Å². The van der Waals surface area contributed by atoms with E-state index in [2.05, 4.69) is 15.9 Å². The zero-order valence-electron chi connectivity index (χ0n) is 6.67. The van der Waals surface area contributed by atoms with Gasteiger partial charge in [0.15, 0.2) is 0 Å². The predicted octanol–water partition coefficient (Wildman–Crippen LogP) is 1.81. The Balaban J connectivity index is 3.09.